The maximum absolute atomic E-state index is 12.5. The van der Waals surface area contributed by atoms with Crippen LogP contribution in [0.3, 0.4) is 0 Å². The summed E-state index contributed by atoms with van der Waals surface area (Å²) >= 11 is 6.02. The molecule has 2 aromatic rings. The first kappa shape index (κ1) is 15.3. The molecule has 6 heteroatoms. The quantitative estimate of drug-likeness (QED) is 0.906. The molecular weight excluding hydrogens is 320 g/mol. The lowest BCUT2D eigenvalue weighted by atomic mass is 10.0. The van der Waals surface area contributed by atoms with E-state index in [1.165, 1.54) is 5.56 Å². The van der Waals surface area contributed by atoms with Crippen molar-refractivity contribution in [3.63, 3.8) is 0 Å². The molecule has 2 N–H and O–H groups in total. The van der Waals surface area contributed by atoms with Crippen molar-refractivity contribution in [1.82, 2.24) is 5.32 Å². The molecule has 1 heterocycles. The Balaban J connectivity index is 1.92. The molecule has 0 radical (unpaired) electrons. The summed E-state index contributed by atoms with van der Waals surface area (Å²) in [6.07, 6.45) is 1.76. The zero-order valence-electron chi connectivity index (χ0n) is 12.0. The molecule has 0 aliphatic carbocycles. The molecule has 0 unspecified atom stereocenters. The van der Waals surface area contributed by atoms with Gasteiger partial charge in [-0.25, -0.2) is 8.42 Å². The van der Waals surface area contributed by atoms with E-state index < -0.39 is 10.0 Å². The molecule has 0 fully saturated rings. The molecule has 3 rings (SSSR count). The molecule has 0 saturated carbocycles. The van der Waals surface area contributed by atoms with Crippen LogP contribution in [-0.4, -0.2) is 21.5 Å². The van der Waals surface area contributed by atoms with E-state index >= 15 is 0 Å². The van der Waals surface area contributed by atoms with Crippen LogP contribution in [0.15, 0.2) is 47.4 Å². The van der Waals surface area contributed by atoms with Gasteiger partial charge in [0.2, 0.25) is 0 Å². The predicted octanol–water partition coefficient (Wildman–Crippen LogP) is 2.83. The Morgan fingerprint density at radius 1 is 1.00 bits per heavy atom. The highest BCUT2D eigenvalue weighted by Crippen LogP contribution is 2.25. The van der Waals surface area contributed by atoms with Gasteiger partial charge in [-0.3, -0.25) is 4.72 Å². The van der Waals surface area contributed by atoms with Crippen LogP contribution in [-0.2, 0) is 22.9 Å². The van der Waals surface area contributed by atoms with E-state index in [0.717, 1.165) is 31.5 Å². The van der Waals surface area contributed by atoms with Gasteiger partial charge in [-0.2, -0.15) is 0 Å². The van der Waals surface area contributed by atoms with Gasteiger partial charge in [-0.1, -0.05) is 29.8 Å². The summed E-state index contributed by atoms with van der Waals surface area (Å²) in [5, 5.41) is 3.70. The molecule has 2 aromatic carbocycles. The number of rotatable bonds is 3. The molecule has 1 aliphatic heterocycles. The van der Waals surface area contributed by atoms with Crippen molar-refractivity contribution in [2.45, 2.75) is 17.7 Å². The Hall–Kier alpha value is -1.56. The SMILES string of the molecule is O=S(=O)(Nc1ccccc1Cl)c1ccc2c(c1)CCNCC2. The van der Waals surface area contributed by atoms with Crippen LogP contribution < -0.4 is 10.0 Å². The number of para-hydroxylation sites is 1. The van der Waals surface area contributed by atoms with Crippen LogP contribution in [0.4, 0.5) is 5.69 Å². The van der Waals surface area contributed by atoms with Crippen molar-refractivity contribution >= 4 is 27.3 Å². The molecule has 0 saturated heterocycles. The summed E-state index contributed by atoms with van der Waals surface area (Å²) in [5.74, 6) is 0. The summed E-state index contributed by atoms with van der Waals surface area (Å²) in [6, 6.07) is 12.1. The number of benzene rings is 2. The topological polar surface area (TPSA) is 58.2 Å². The van der Waals surface area contributed by atoms with E-state index in [-0.39, 0.29) is 4.90 Å². The highest BCUT2D eigenvalue weighted by molar-refractivity contribution is 7.92. The van der Waals surface area contributed by atoms with Gasteiger partial charge < -0.3 is 5.32 Å². The fourth-order valence-corrected chi connectivity index (χ4v) is 3.93. The molecule has 1 aliphatic rings. The number of fused-ring (bicyclic) bond motifs is 1. The fraction of sp³-hybridized carbons (Fsp3) is 0.250. The third kappa shape index (κ3) is 3.27. The van der Waals surface area contributed by atoms with E-state index in [0.29, 0.717) is 10.7 Å². The maximum Gasteiger partial charge on any atom is 0.261 e. The first-order valence-electron chi connectivity index (χ1n) is 7.16. The highest BCUT2D eigenvalue weighted by Gasteiger charge is 2.18. The average molecular weight is 337 g/mol. The second-order valence-corrected chi connectivity index (χ2v) is 7.36. The zero-order chi connectivity index (χ0) is 15.6. The Labute approximate surface area is 135 Å². The lowest BCUT2D eigenvalue weighted by molar-refractivity contribution is 0.601. The minimum atomic E-state index is -3.64. The number of nitrogens with one attached hydrogen (secondary N) is 2. The van der Waals surface area contributed by atoms with Gasteiger partial charge in [0.05, 0.1) is 15.6 Å². The van der Waals surface area contributed by atoms with Crippen LogP contribution >= 0.6 is 11.6 Å². The Bertz CT molecular complexity index is 790. The summed E-state index contributed by atoms with van der Waals surface area (Å²) in [6.45, 7) is 1.80. The van der Waals surface area contributed by atoms with Gasteiger partial charge in [-0.15, -0.1) is 0 Å². The largest absolute Gasteiger partial charge is 0.316 e. The fourth-order valence-electron chi connectivity index (χ4n) is 2.56. The van der Waals surface area contributed by atoms with Crippen LogP contribution in [0.5, 0.6) is 0 Å². The van der Waals surface area contributed by atoms with Crippen LogP contribution in [0, 0.1) is 0 Å². The molecule has 0 atom stereocenters. The average Bonchev–Trinajstić information content (AvgIpc) is 2.74. The molecule has 4 nitrogen and oxygen atoms in total. The first-order chi connectivity index (χ1) is 10.6. The Morgan fingerprint density at radius 3 is 2.50 bits per heavy atom. The minimum absolute atomic E-state index is 0.271. The van der Waals surface area contributed by atoms with Crippen molar-refractivity contribution in [2.24, 2.45) is 0 Å². The standard InChI is InChI=1S/C16H17ClN2O2S/c17-15-3-1-2-4-16(15)19-22(20,21)14-6-5-12-7-9-18-10-8-13(12)11-14/h1-6,11,18-19H,7-10H2. The van der Waals surface area contributed by atoms with Crippen LogP contribution in [0.2, 0.25) is 5.02 Å². The number of sulfonamides is 1. The van der Waals surface area contributed by atoms with Gasteiger partial charge in [0, 0.05) is 0 Å². The third-order valence-electron chi connectivity index (χ3n) is 3.75. The van der Waals surface area contributed by atoms with Gasteiger partial charge in [0.1, 0.15) is 0 Å². The smallest absolute Gasteiger partial charge is 0.261 e. The van der Waals surface area contributed by atoms with E-state index in [1.54, 1.807) is 36.4 Å². The lowest BCUT2D eigenvalue weighted by Crippen LogP contribution is -2.16. The lowest BCUT2D eigenvalue weighted by Gasteiger charge is -2.12. The summed E-state index contributed by atoms with van der Waals surface area (Å²) in [7, 11) is -3.64. The monoisotopic (exact) mass is 336 g/mol. The first-order valence-corrected chi connectivity index (χ1v) is 9.02. The van der Waals surface area contributed by atoms with E-state index in [9.17, 15) is 8.42 Å². The number of halogens is 1. The second kappa shape index (κ2) is 6.28. The zero-order valence-corrected chi connectivity index (χ0v) is 13.5. The number of hydrogen-bond acceptors (Lipinski definition) is 3. The van der Waals surface area contributed by atoms with Crippen molar-refractivity contribution < 1.29 is 8.42 Å². The van der Waals surface area contributed by atoms with Gasteiger partial charge in [0.25, 0.3) is 10.0 Å². The number of hydrogen-bond donors (Lipinski definition) is 2. The minimum Gasteiger partial charge on any atom is -0.316 e. The molecule has 22 heavy (non-hydrogen) atoms. The molecule has 0 aromatic heterocycles. The van der Waals surface area contributed by atoms with Gasteiger partial charge in [-0.05, 0) is 61.3 Å². The van der Waals surface area contributed by atoms with Crippen molar-refractivity contribution in [2.75, 3.05) is 17.8 Å². The maximum atomic E-state index is 12.5. The molecular formula is C16H17ClN2O2S. The van der Waals surface area contributed by atoms with Crippen molar-refractivity contribution in [3.05, 3.63) is 58.6 Å². The normalized spacial score (nSPS) is 15.0. The summed E-state index contributed by atoms with van der Waals surface area (Å²) in [5.41, 5.74) is 2.69. The second-order valence-electron chi connectivity index (χ2n) is 5.27. The Morgan fingerprint density at radius 2 is 1.73 bits per heavy atom. The Kier molecular flexibility index (Phi) is 4.38. The van der Waals surface area contributed by atoms with Crippen LogP contribution in [0.25, 0.3) is 0 Å². The van der Waals surface area contributed by atoms with Gasteiger partial charge >= 0.3 is 0 Å². The van der Waals surface area contributed by atoms with Gasteiger partial charge in [0.15, 0.2) is 0 Å². The molecule has 116 valence electrons. The van der Waals surface area contributed by atoms with E-state index in [2.05, 4.69) is 10.0 Å². The molecule has 0 amide bonds. The highest BCUT2D eigenvalue weighted by atomic mass is 35.5. The van der Waals surface area contributed by atoms with E-state index in [4.69, 9.17) is 11.6 Å². The summed E-state index contributed by atoms with van der Waals surface area (Å²) in [4.78, 5) is 0.271. The number of anilines is 1. The van der Waals surface area contributed by atoms with Crippen molar-refractivity contribution in [1.29, 1.82) is 0 Å². The molecule has 0 spiro atoms. The van der Waals surface area contributed by atoms with E-state index in [1.807, 2.05) is 6.07 Å². The van der Waals surface area contributed by atoms with Crippen LogP contribution in [0.1, 0.15) is 11.1 Å². The predicted molar refractivity (Wildman–Crippen MR) is 89.0 cm³/mol. The third-order valence-corrected chi connectivity index (χ3v) is 5.44. The molecule has 0 bridgehead atoms. The van der Waals surface area contributed by atoms with Crippen molar-refractivity contribution in [3.8, 4) is 0 Å². The summed E-state index contributed by atoms with van der Waals surface area (Å²) < 4.78 is 27.6.